The van der Waals surface area contributed by atoms with Gasteiger partial charge in [-0.25, -0.2) is 14.8 Å². The third-order valence-corrected chi connectivity index (χ3v) is 7.60. The lowest BCUT2D eigenvalue weighted by atomic mass is 9.90. The number of piperidine rings is 1. The van der Waals surface area contributed by atoms with Crippen molar-refractivity contribution in [1.82, 2.24) is 29.9 Å². The van der Waals surface area contributed by atoms with Crippen LogP contribution in [0.25, 0.3) is 0 Å². The molecule has 0 bridgehead atoms. The monoisotopic (exact) mass is 549 g/mol. The summed E-state index contributed by atoms with van der Waals surface area (Å²) in [5.74, 6) is 0.559. The number of carbonyl (C=O) groups is 2. The molecule has 0 saturated carbocycles. The lowest BCUT2D eigenvalue weighted by Crippen LogP contribution is -2.63. The molecule has 1 fully saturated rings. The summed E-state index contributed by atoms with van der Waals surface area (Å²) in [7, 11) is 0. The Bertz CT molecular complexity index is 1350. The second-order valence-electron chi connectivity index (χ2n) is 10.2. The van der Waals surface area contributed by atoms with Crippen LogP contribution in [0.15, 0.2) is 65.8 Å². The van der Waals surface area contributed by atoms with Gasteiger partial charge < -0.3 is 9.80 Å². The summed E-state index contributed by atoms with van der Waals surface area (Å²) < 4.78 is 1.67. The molecule has 10 nitrogen and oxygen atoms in total. The number of hydrogen-bond acceptors (Lipinski definition) is 6. The largest absolute Gasteiger partial charge is 0.341 e. The predicted octanol–water partition coefficient (Wildman–Crippen LogP) is 4.18. The van der Waals surface area contributed by atoms with Gasteiger partial charge in [-0.15, -0.1) is 0 Å². The van der Waals surface area contributed by atoms with Crippen LogP contribution in [0.3, 0.4) is 0 Å². The molecule has 11 heteroatoms. The number of hydrogen-bond donors (Lipinski definition) is 2. The average molecular weight is 550 g/mol. The number of nitrogens with one attached hydrogen (secondary N) is 1. The predicted molar refractivity (Wildman–Crippen MR) is 148 cm³/mol. The minimum absolute atomic E-state index is 0.0451. The number of nitrogens with zero attached hydrogens (tertiary/aromatic N) is 6. The van der Waals surface area contributed by atoms with Crippen LogP contribution in [0, 0.1) is 6.92 Å². The highest BCUT2D eigenvalue weighted by molar-refractivity contribution is 6.30. The molecular weight excluding hydrogens is 518 g/mol. The number of likely N-dealkylation sites (tertiary alicyclic amines) is 1. The van der Waals surface area contributed by atoms with Crippen LogP contribution in [0.2, 0.25) is 5.02 Å². The van der Waals surface area contributed by atoms with E-state index in [2.05, 4.69) is 15.4 Å². The summed E-state index contributed by atoms with van der Waals surface area (Å²) in [4.78, 5) is 39.1. The van der Waals surface area contributed by atoms with Gasteiger partial charge in [0.15, 0.2) is 0 Å². The molecule has 3 aromatic rings. The van der Waals surface area contributed by atoms with E-state index in [1.807, 2.05) is 47.1 Å². The van der Waals surface area contributed by atoms with E-state index in [0.717, 1.165) is 16.4 Å². The quantitative estimate of drug-likeness (QED) is 0.248. The molecule has 1 saturated heterocycles. The number of benzene rings is 2. The van der Waals surface area contributed by atoms with E-state index in [1.54, 1.807) is 42.0 Å². The first-order valence-electron chi connectivity index (χ1n) is 13.0. The maximum absolute atomic E-state index is 13.9. The number of hydrazine groups is 1. The zero-order chi connectivity index (χ0) is 27.6. The topological polar surface area (TPSA) is 106 Å². The molecule has 5 rings (SSSR count). The normalized spacial score (nSPS) is 17.5. The molecule has 2 aliphatic heterocycles. The second-order valence-corrected chi connectivity index (χ2v) is 10.7. The van der Waals surface area contributed by atoms with Gasteiger partial charge in [-0.3, -0.25) is 14.6 Å². The maximum atomic E-state index is 13.9. The van der Waals surface area contributed by atoms with E-state index in [-0.39, 0.29) is 18.0 Å². The summed E-state index contributed by atoms with van der Waals surface area (Å²) in [6, 6.07) is 16.5. The van der Waals surface area contributed by atoms with Crippen molar-refractivity contribution in [2.24, 2.45) is 4.99 Å². The SMILES string of the molecule is Cc1ncc2n1C(=O)N(C1CCN(C(=O)C(C)(Cc3ccccc3)NN(O)C=Nc3ccc(Cl)cc3)CC1)C2. The van der Waals surface area contributed by atoms with Gasteiger partial charge in [0.1, 0.15) is 17.7 Å². The third kappa shape index (κ3) is 5.83. The zero-order valence-electron chi connectivity index (χ0n) is 22.0. The molecule has 3 heterocycles. The van der Waals surface area contributed by atoms with Crippen LogP contribution < -0.4 is 5.43 Å². The number of aliphatic imine (C=N–C) groups is 1. The number of rotatable bonds is 8. The summed E-state index contributed by atoms with van der Waals surface area (Å²) >= 11 is 5.93. The highest BCUT2D eigenvalue weighted by Gasteiger charge is 2.41. The number of aryl methyl sites for hydroxylation is 1. The second kappa shape index (κ2) is 11.2. The smallest absolute Gasteiger partial charge is 0.330 e. The van der Waals surface area contributed by atoms with Crippen LogP contribution in [-0.2, 0) is 17.8 Å². The highest BCUT2D eigenvalue weighted by Crippen LogP contribution is 2.27. The molecule has 1 atom stereocenters. The Morgan fingerprint density at radius 1 is 1.21 bits per heavy atom. The number of hydroxylamine groups is 1. The Morgan fingerprint density at radius 2 is 1.90 bits per heavy atom. The van der Waals surface area contributed by atoms with Gasteiger partial charge in [0.25, 0.3) is 0 Å². The molecule has 0 spiro atoms. The van der Waals surface area contributed by atoms with Gasteiger partial charge >= 0.3 is 6.03 Å². The molecule has 2 amide bonds. The van der Waals surface area contributed by atoms with Gasteiger partial charge in [0, 0.05) is 30.6 Å². The fraction of sp³-hybridized carbons (Fsp3) is 0.357. The lowest BCUT2D eigenvalue weighted by molar-refractivity contribution is -0.149. The van der Waals surface area contributed by atoms with Crippen molar-refractivity contribution in [3.63, 3.8) is 0 Å². The molecule has 1 aromatic heterocycles. The van der Waals surface area contributed by atoms with E-state index in [9.17, 15) is 14.8 Å². The molecule has 39 heavy (non-hydrogen) atoms. The maximum Gasteiger partial charge on any atom is 0.330 e. The average Bonchev–Trinajstić information content (AvgIpc) is 3.47. The van der Waals surface area contributed by atoms with Crippen molar-refractivity contribution in [2.75, 3.05) is 13.1 Å². The van der Waals surface area contributed by atoms with Gasteiger partial charge in [-0.05, 0) is 56.5 Å². The van der Waals surface area contributed by atoms with Crippen LogP contribution in [0.4, 0.5) is 10.5 Å². The summed E-state index contributed by atoms with van der Waals surface area (Å²) in [6.07, 6.45) is 4.68. The molecule has 0 radical (unpaired) electrons. The Labute approximate surface area is 232 Å². The number of imidazole rings is 1. The fourth-order valence-electron chi connectivity index (χ4n) is 5.35. The number of halogens is 1. The lowest BCUT2D eigenvalue weighted by Gasteiger charge is -2.41. The molecule has 204 valence electrons. The Balaban J connectivity index is 1.26. The summed E-state index contributed by atoms with van der Waals surface area (Å²) in [6.45, 7) is 5.17. The van der Waals surface area contributed by atoms with E-state index >= 15 is 0 Å². The van der Waals surface area contributed by atoms with Gasteiger partial charge in [-0.2, -0.15) is 10.6 Å². The standard InChI is InChI=1S/C28H32ClN7O3/c1-20-30-17-25-18-34(27(38)36(20)25)24-12-14-33(15-13-24)26(37)28(2,16-21-6-4-3-5-7-21)32-35(39)19-31-23-10-8-22(29)9-11-23/h3-11,17,19,24,32,39H,12-16,18H2,1-2H3. The molecular formula is C28H32ClN7O3. The summed E-state index contributed by atoms with van der Waals surface area (Å²) in [5, 5.41) is 12.0. The number of amides is 2. The Morgan fingerprint density at radius 3 is 2.56 bits per heavy atom. The van der Waals surface area contributed by atoms with Crippen molar-refractivity contribution in [3.05, 3.63) is 82.9 Å². The minimum Gasteiger partial charge on any atom is -0.341 e. The van der Waals surface area contributed by atoms with Crippen LogP contribution in [0.1, 0.15) is 36.8 Å². The molecule has 2 aliphatic rings. The zero-order valence-corrected chi connectivity index (χ0v) is 22.8. The molecule has 2 N–H and O–H groups in total. The van der Waals surface area contributed by atoms with Crippen LogP contribution in [-0.4, -0.2) is 72.7 Å². The first-order chi connectivity index (χ1) is 18.7. The van der Waals surface area contributed by atoms with Crippen molar-refractivity contribution in [2.45, 2.75) is 51.2 Å². The third-order valence-electron chi connectivity index (χ3n) is 7.35. The Hall–Kier alpha value is -3.73. The number of fused-ring (bicyclic) bond motifs is 1. The van der Waals surface area contributed by atoms with Crippen molar-refractivity contribution in [3.8, 4) is 0 Å². The molecule has 1 unspecified atom stereocenters. The van der Waals surface area contributed by atoms with E-state index in [0.29, 0.717) is 55.4 Å². The van der Waals surface area contributed by atoms with Gasteiger partial charge in [0.05, 0.1) is 24.1 Å². The number of carbonyl (C=O) groups excluding carboxylic acids is 2. The van der Waals surface area contributed by atoms with E-state index in [4.69, 9.17) is 11.6 Å². The van der Waals surface area contributed by atoms with Crippen molar-refractivity contribution in [1.29, 1.82) is 0 Å². The first-order valence-corrected chi connectivity index (χ1v) is 13.3. The first kappa shape index (κ1) is 26.9. The van der Waals surface area contributed by atoms with Crippen LogP contribution in [0.5, 0.6) is 0 Å². The summed E-state index contributed by atoms with van der Waals surface area (Å²) in [5.41, 5.74) is 4.26. The minimum atomic E-state index is -1.15. The highest BCUT2D eigenvalue weighted by atomic mass is 35.5. The van der Waals surface area contributed by atoms with Crippen LogP contribution >= 0.6 is 11.6 Å². The van der Waals surface area contributed by atoms with E-state index < -0.39 is 5.54 Å². The fourth-order valence-corrected chi connectivity index (χ4v) is 5.47. The Kier molecular flexibility index (Phi) is 7.69. The van der Waals surface area contributed by atoms with Gasteiger partial charge in [0.2, 0.25) is 5.91 Å². The van der Waals surface area contributed by atoms with Crippen molar-refractivity contribution >= 4 is 35.6 Å². The number of aromatic nitrogens is 2. The van der Waals surface area contributed by atoms with E-state index in [1.165, 1.54) is 6.34 Å². The van der Waals surface area contributed by atoms with Crippen molar-refractivity contribution < 1.29 is 14.8 Å². The molecule has 2 aromatic carbocycles. The molecule has 0 aliphatic carbocycles. The van der Waals surface area contributed by atoms with Gasteiger partial charge in [-0.1, -0.05) is 41.9 Å².